The molecule has 1 aliphatic heterocycles. The summed E-state index contributed by atoms with van der Waals surface area (Å²) in [6.07, 6.45) is -0.493. The molecule has 17 heteroatoms. The van der Waals surface area contributed by atoms with Crippen molar-refractivity contribution >= 4 is 17.6 Å². The molecule has 0 spiro atoms. The molecule has 234 valence electrons. The van der Waals surface area contributed by atoms with Crippen molar-refractivity contribution in [1.29, 1.82) is 0 Å². The topological polar surface area (TPSA) is 140 Å². The molecule has 3 aromatic heterocycles. The Bertz CT molecular complexity index is 1490. The van der Waals surface area contributed by atoms with Gasteiger partial charge in [-0.3, -0.25) is 4.79 Å². The highest BCUT2D eigenvalue weighted by Gasteiger charge is 2.47. The lowest BCUT2D eigenvalue weighted by Crippen LogP contribution is -2.58. The summed E-state index contributed by atoms with van der Waals surface area (Å²) in [7, 11) is 1.36. The van der Waals surface area contributed by atoms with Crippen molar-refractivity contribution in [1.82, 2.24) is 40.4 Å². The van der Waals surface area contributed by atoms with Crippen molar-refractivity contribution in [3.05, 3.63) is 41.1 Å². The molecule has 1 unspecified atom stereocenters. The summed E-state index contributed by atoms with van der Waals surface area (Å²) in [6.45, 7) is 0.419. The van der Waals surface area contributed by atoms with Gasteiger partial charge in [-0.25, -0.2) is 27.7 Å². The first-order valence-electron chi connectivity index (χ1n) is 13.7. The van der Waals surface area contributed by atoms with Gasteiger partial charge < -0.3 is 20.3 Å². The predicted molar refractivity (Wildman–Crippen MR) is 138 cm³/mol. The Hall–Kier alpha value is -3.89. The molecule has 1 aliphatic carbocycles. The van der Waals surface area contributed by atoms with E-state index in [0.29, 0.717) is 11.3 Å². The number of imidazole rings is 1. The number of urea groups is 1. The van der Waals surface area contributed by atoms with E-state index in [2.05, 4.69) is 31.0 Å². The Labute approximate surface area is 242 Å². The smallest absolute Gasteiger partial charge is 0.382 e. The molecule has 0 aromatic carbocycles. The second-order valence-corrected chi connectivity index (χ2v) is 11.6. The van der Waals surface area contributed by atoms with E-state index in [1.165, 1.54) is 30.1 Å². The average molecular weight is 615 g/mol. The number of alkyl halides is 5. The molecule has 5 rings (SSSR count). The van der Waals surface area contributed by atoms with Crippen LogP contribution in [0.4, 0.5) is 26.7 Å². The number of nitrogens with one attached hydrogen (secondary N) is 2. The Morgan fingerprint density at radius 1 is 1.28 bits per heavy atom. The number of halogens is 5. The second kappa shape index (κ2) is 11.3. The number of carbonyl (C=O) groups excluding carboxylic acids is 2. The molecule has 0 radical (unpaired) electrons. The van der Waals surface area contributed by atoms with Crippen LogP contribution in [0.1, 0.15) is 85.0 Å². The van der Waals surface area contributed by atoms with Crippen LogP contribution in [-0.4, -0.2) is 80.7 Å². The molecular weight excluding hydrogens is 583 g/mol. The number of hydrogen-bond acceptors (Lipinski definition) is 8. The molecule has 12 nitrogen and oxygen atoms in total. The van der Waals surface area contributed by atoms with Crippen molar-refractivity contribution in [2.75, 3.05) is 26.8 Å². The third kappa shape index (κ3) is 6.55. The highest BCUT2D eigenvalue weighted by atomic mass is 19.4. The van der Waals surface area contributed by atoms with Crippen molar-refractivity contribution in [2.24, 2.45) is 5.41 Å². The minimum Gasteiger partial charge on any atom is -0.382 e. The molecular formula is C26H31F5N8O4. The minimum atomic E-state index is -4.49. The number of hydrogen-bond donors (Lipinski definition) is 2. The third-order valence-corrected chi connectivity index (χ3v) is 7.79. The molecule has 0 bridgehead atoms. The maximum absolute atomic E-state index is 14.1. The van der Waals surface area contributed by atoms with Gasteiger partial charge in [0.25, 0.3) is 11.8 Å². The fraction of sp³-hybridized carbons (Fsp3) is 0.615. The Morgan fingerprint density at radius 3 is 2.70 bits per heavy atom. The maximum atomic E-state index is 14.1. The molecule has 4 heterocycles. The fourth-order valence-electron chi connectivity index (χ4n) is 4.86. The van der Waals surface area contributed by atoms with Gasteiger partial charge in [0.2, 0.25) is 0 Å². The van der Waals surface area contributed by atoms with E-state index in [1.54, 1.807) is 0 Å². The summed E-state index contributed by atoms with van der Waals surface area (Å²) in [5.74, 6) is -3.79. The number of aromatic nitrogens is 5. The van der Waals surface area contributed by atoms with Crippen LogP contribution in [0.25, 0.3) is 5.65 Å². The number of amides is 3. The number of nitrogens with zero attached hydrogens (tertiary/aromatic N) is 6. The van der Waals surface area contributed by atoms with Gasteiger partial charge in [-0.2, -0.15) is 18.3 Å². The number of methoxy groups -OCH3 is 1. The SMILES string of the molecule is COC[C@H](c1cnn2cc(C(CCC(C)(C)C(F)(F)F)NC(=O)c3nonc3C3CC3)nc2c1)N1CC(F)(F)CNC1=O. The third-order valence-electron chi connectivity index (χ3n) is 7.79. The summed E-state index contributed by atoms with van der Waals surface area (Å²) in [5, 5.41) is 16.7. The summed E-state index contributed by atoms with van der Waals surface area (Å²) in [5.41, 5.74) is -0.921. The van der Waals surface area contributed by atoms with Crippen LogP contribution >= 0.6 is 0 Å². The zero-order chi connectivity index (χ0) is 31.2. The van der Waals surface area contributed by atoms with E-state index in [9.17, 15) is 31.5 Å². The van der Waals surface area contributed by atoms with Gasteiger partial charge in [0, 0.05) is 18.6 Å². The first-order valence-corrected chi connectivity index (χ1v) is 13.7. The van der Waals surface area contributed by atoms with Crippen molar-refractivity contribution < 1.29 is 40.9 Å². The number of carbonyl (C=O) groups is 2. The molecule has 1 saturated heterocycles. The number of rotatable bonds is 11. The van der Waals surface area contributed by atoms with Crippen LogP contribution in [0.3, 0.4) is 0 Å². The largest absolute Gasteiger partial charge is 0.393 e. The van der Waals surface area contributed by atoms with Crippen LogP contribution in [-0.2, 0) is 4.74 Å². The van der Waals surface area contributed by atoms with Crippen LogP contribution in [0.2, 0.25) is 0 Å². The fourth-order valence-corrected chi connectivity index (χ4v) is 4.86. The summed E-state index contributed by atoms with van der Waals surface area (Å²) < 4.78 is 80.6. The van der Waals surface area contributed by atoms with Gasteiger partial charge in [-0.05, 0) is 36.9 Å². The van der Waals surface area contributed by atoms with Gasteiger partial charge in [-0.15, -0.1) is 0 Å². The van der Waals surface area contributed by atoms with E-state index < -0.39 is 54.6 Å². The van der Waals surface area contributed by atoms with Crippen molar-refractivity contribution in [3.8, 4) is 0 Å². The lowest BCUT2D eigenvalue weighted by Gasteiger charge is -2.38. The standard InChI is InChI=1S/C26H31F5N8O4/c1-24(2,26(29,30)31)7-6-16(35-22(40)21-20(14-4-5-14)36-43-37-21)17-10-39-19(34-17)8-15(9-33-39)18(11-42-3)38-13-25(27,28)12-32-23(38)41/h8-10,14,16,18H,4-7,11-13H2,1-3H3,(H,32,41)(H,35,40)/t16?,18-/m1/s1. The van der Waals surface area contributed by atoms with E-state index in [-0.39, 0.29) is 42.4 Å². The minimum absolute atomic E-state index is 0.0363. The quantitative estimate of drug-likeness (QED) is 0.307. The highest BCUT2D eigenvalue weighted by Crippen LogP contribution is 2.43. The van der Waals surface area contributed by atoms with E-state index in [1.807, 2.05) is 0 Å². The van der Waals surface area contributed by atoms with Crippen LogP contribution in [0, 0.1) is 5.41 Å². The molecule has 1 saturated carbocycles. The van der Waals surface area contributed by atoms with Crippen LogP contribution in [0.15, 0.2) is 23.1 Å². The van der Waals surface area contributed by atoms with Crippen LogP contribution in [0.5, 0.6) is 0 Å². The van der Waals surface area contributed by atoms with E-state index in [0.717, 1.165) is 31.6 Å². The van der Waals surface area contributed by atoms with Crippen molar-refractivity contribution in [3.63, 3.8) is 0 Å². The zero-order valence-electron chi connectivity index (χ0n) is 23.6. The predicted octanol–water partition coefficient (Wildman–Crippen LogP) is 4.18. The monoisotopic (exact) mass is 614 g/mol. The first-order chi connectivity index (χ1) is 20.2. The zero-order valence-corrected chi connectivity index (χ0v) is 23.6. The van der Waals surface area contributed by atoms with Gasteiger partial charge in [0.1, 0.15) is 5.69 Å². The summed E-state index contributed by atoms with van der Waals surface area (Å²) >= 11 is 0. The normalized spacial score (nSPS) is 18.9. The second-order valence-electron chi connectivity index (χ2n) is 11.6. The Morgan fingerprint density at radius 2 is 2.02 bits per heavy atom. The summed E-state index contributed by atoms with van der Waals surface area (Å²) in [4.78, 5) is 31.1. The van der Waals surface area contributed by atoms with Gasteiger partial charge in [-0.1, -0.05) is 19.0 Å². The molecule has 3 aromatic rings. The highest BCUT2D eigenvalue weighted by molar-refractivity contribution is 5.93. The molecule has 2 N–H and O–H groups in total. The lowest BCUT2D eigenvalue weighted by atomic mass is 9.85. The lowest BCUT2D eigenvalue weighted by molar-refractivity contribution is -0.214. The van der Waals surface area contributed by atoms with Crippen molar-refractivity contribution in [2.45, 2.75) is 69.6 Å². The molecule has 2 fully saturated rings. The Kier molecular flexibility index (Phi) is 8.04. The number of fused-ring (bicyclic) bond motifs is 1. The Balaban J connectivity index is 1.45. The molecule has 3 amide bonds. The number of ether oxygens (including phenoxy) is 1. The summed E-state index contributed by atoms with van der Waals surface area (Å²) in [6, 6.07) is -1.09. The average Bonchev–Trinajstić information content (AvgIpc) is 3.49. The molecule has 2 atom stereocenters. The maximum Gasteiger partial charge on any atom is 0.393 e. The van der Waals surface area contributed by atoms with Gasteiger partial charge >= 0.3 is 12.2 Å². The van der Waals surface area contributed by atoms with E-state index in [4.69, 9.17) is 9.37 Å². The van der Waals surface area contributed by atoms with Gasteiger partial charge in [0.15, 0.2) is 11.3 Å². The first kappa shape index (κ1) is 30.6. The van der Waals surface area contributed by atoms with Gasteiger partial charge in [0.05, 0.1) is 55.3 Å². The molecule has 2 aliphatic rings. The molecule has 43 heavy (non-hydrogen) atoms. The van der Waals surface area contributed by atoms with Crippen LogP contribution < -0.4 is 10.6 Å². The van der Waals surface area contributed by atoms with E-state index >= 15 is 0 Å².